The molecule has 0 aliphatic carbocycles. The predicted octanol–water partition coefficient (Wildman–Crippen LogP) is 4.67. The molecule has 7 nitrogen and oxygen atoms in total. The zero-order valence-corrected chi connectivity index (χ0v) is 20.1. The zero-order chi connectivity index (χ0) is 25.3. The third kappa shape index (κ3) is 5.81. The number of ether oxygens (including phenoxy) is 2. The second kappa shape index (κ2) is 11.8. The number of aryl methyl sites for hydroxylation is 1. The second-order valence-corrected chi connectivity index (χ2v) is 8.28. The van der Waals surface area contributed by atoms with Gasteiger partial charge in [0, 0.05) is 5.70 Å². The average molecular weight is 485 g/mol. The first kappa shape index (κ1) is 24.7. The number of amides is 2. The number of hydrogen-bond acceptors (Lipinski definition) is 5. The molecule has 1 aliphatic heterocycles. The largest absolute Gasteiger partial charge is 0.466 e. The number of allylic oxidation sites excluding steroid dienone is 1. The number of esters is 2. The van der Waals surface area contributed by atoms with Gasteiger partial charge in [-0.15, -0.1) is 0 Å². The summed E-state index contributed by atoms with van der Waals surface area (Å²) in [7, 11) is 1.33. The maximum atomic E-state index is 13.3. The molecule has 1 atom stereocenters. The first-order valence-electron chi connectivity index (χ1n) is 11.8. The summed E-state index contributed by atoms with van der Waals surface area (Å²) in [6, 6.07) is 26.8. The fraction of sp³-hybridized carbons (Fsp3) is 0.207. The standard InChI is InChI=1S/C29H28N2O5/c1-35-28(33)25-24(18-17-21-11-5-2-6-12-21)31(19-20-36-27(32)23-15-9-4-10-16-23)29(34)30-26(25)22-13-7-3-8-14-22/h2-16,26H,17-20H2,1H3,(H,30,34). The van der Waals surface area contributed by atoms with E-state index in [1.165, 1.54) is 12.0 Å². The molecule has 7 heteroatoms. The number of hydrogen-bond donors (Lipinski definition) is 1. The van der Waals surface area contributed by atoms with Crippen molar-refractivity contribution < 1.29 is 23.9 Å². The molecule has 1 heterocycles. The highest BCUT2D eigenvalue weighted by Gasteiger charge is 2.37. The lowest BCUT2D eigenvalue weighted by Gasteiger charge is -2.36. The molecule has 0 saturated carbocycles. The van der Waals surface area contributed by atoms with E-state index in [1.54, 1.807) is 24.3 Å². The Labute approximate surface area is 210 Å². The topological polar surface area (TPSA) is 84.9 Å². The molecule has 4 rings (SSSR count). The maximum Gasteiger partial charge on any atom is 0.338 e. The van der Waals surface area contributed by atoms with Crippen molar-refractivity contribution in [2.24, 2.45) is 0 Å². The van der Waals surface area contributed by atoms with Crippen molar-refractivity contribution in [1.82, 2.24) is 10.2 Å². The molecule has 0 fully saturated rings. The van der Waals surface area contributed by atoms with Gasteiger partial charge in [0.1, 0.15) is 6.61 Å². The van der Waals surface area contributed by atoms with Crippen molar-refractivity contribution >= 4 is 18.0 Å². The number of rotatable bonds is 9. The van der Waals surface area contributed by atoms with E-state index in [2.05, 4.69) is 5.32 Å². The van der Waals surface area contributed by atoms with Crippen LogP contribution in [0.15, 0.2) is 102 Å². The van der Waals surface area contributed by atoms with Crippen LogP contribution in [0.2, 0.25) is 0 Å². The van der Waals surface area contributed by atoms with Gasteiger partial charge in [-0.05, 0) is 36.1 Å². The quantitative estimate of drug-likeness (QED) is 0.446. The van der Waals surface area contributed by atoms with Crippen molar-refractivity contribution in [3.63, 3.8) is 0 Å². The summed E-state index contributed by atoms with van der Waals surface area (Å²) < 4.78 is 10.6. The number of nitrogens with zero attached hydrogens (tertiary/aromatic N) is 1. The van der Waals surface area contributed by atoms with Gasteiger partial charge < -0.3 is 14.8 Å². The molecule has 36 heavy (non-hydrogen) atoms. The van der Waals surface area contributed by atoms with Gasteiger partial charge >= 0.3 is 18.0 Å². The summed E-state index contributed by atoms with van der Waals surface area (Å²) in [4.78, 5) is 40.2. The van der Waals surface area contributed by atoms with Crippen molar-refractivity contribution in [3.05, 3.63) is 119 Å². The van der Waals surface area contributed by atoms with Crippen molar-refractivity contribution in [3.8, 4) is 0 Å². The number of nitrogens with one attached hydrogen (secondary N) is 1. The van der Waals surface area contributed by atoms with Gasteiger partial charge in [-0.1, -0.05) is 78.9 Å². The highest BCUT2D eigenvalue weighted by Crippen LogP contribution is 2.33. The minimum atomic E-state index is -0.653. The van der Waals surface area contributed by atoms with Crippen molar-refractivity contribution in [1.29, 1.82) is 0 Å². The van der Waals surface area contributed by atoms with E-state index in [4.69, 9.17) is 9.47 Å². The molecule has 1 unspecified atom stereocenters. The molecule has 3 aromatic rings. The Bertz CT molecular complexity index is 1230. The summed E-state index contributed by atoms with van der Waals surface area (Å²) >= 11 is 0. The normalized spacial score (nSPS) is 15.3. The fourth-order valence-electron chi connectivity index (χ4n) is 4.25. The molecule has 0 saturated heterocycles. The molecule has 0 spiro atoms. The number of carbonyl (C=O) groups excluding carboxylic acids is 3. The lowest BCUT2D eigenvalue weighted by molar-refractivity contribution is -0.136. The van der Waals surface area contributed by atoms with Crippen LogP contribution >= 0.6 is 0 Å². The summed E-state index contributed by atoms with van der Waals surface area (Å²) in [6.07, 6.45) is 1.05. The van der Waals surface area contributed by atoms with Gasteiger partial charge in [-0.3, -0.25) is 4.90 Å². The summed E-state index contributed by atoms with van der Waals surface area (Å²) in [5.74, 6) is -0.989. The Morgan fingerprint density at radius 2 is 1.44 bits per heavy atom. The third-order valence-electron chi connectivity index (χ3n) is 6.03. The predicted molar refractivity (Wildman–Crippen MR) is 135 cm³/mol. The first-order valence-corrected chi connectivity index (χ1v) is 11.8. The van der Waals surface area contributed by atoms with Gasteiger partial charge in [0.05, 0.1) is 30.8 Å². The van der Waals surface area contributed by atoms with Crippen LogP contribution in [0.3, 0.4) is 0 Å². The average Bonchev–Trinajstić information content (AvgIpc) is 2.93. The van der Waals surface area contributed by atoms with Crippen LogP contribution in [0.1, 0.15) is 33.9 Å². The molecular weight excluding hydrogens is 456 g/mol. The van der Waals surface area contributed by atoms with E-state index < -0.39 is 18.0 Å². The van der Waals surface area contributed by atoms with E-state index in [-0.39, 0.29) is 19.2 Å². The Hall–Kier alpha value is -4.39. The monoisotopic (exact) mass is 484 g/mol. The van der Waals surface area contributed by atoms with Gasteiger partial charge in [-0.2, -0.15) is 0 Å². The van der Waals surface area contributed by atoms with E-state index >= 15 is 0 Å². The summed E-state index contributed by atoms with van der Waals surface area (Å²) in [6.45, 7) is 0.0664. The lowest BCUT2D eigenvalue weighted by atomic mass is 9.92. The van der Waals surface area contributed by atoms with Crippen LogP contribution < -0.4 is 5.32 Å². The minimum Gasteiger partial charge on any atom is -0.466 e. The first-order chi connectivity index (χ1) is 17.6. The molecule has 1 N–H and O–H groups in total. The van der Waals surface area contributed by atoms with Crippen LogP contribution in [0, 0.1) is 0 Å². The fourth-order valence-corrected chi connectivity index (χ4v) is 4.25. The Morgan fingerprint density at radius 3 is 2.08 bits per heavy atom. The molecule has 0 radical (unpaired) electrons. The molecule has 184 valence electrons. The van der Waals surface area contributed by atoms with Crippen LogP contribution in [0.25, 0.3) is 0 Å². The number of urea groups is 1. The summed E-state index contributed by atoms with van der Waals surface area (Å²) in [5.41, 5.74) is 3.21. The van der Waals surface area contributed by atoms with Crippen LogP contribution in [0.5, 0.6) is 0 Å². The van der Waals surface area contributed by atoms with E-state index in [1.807, 2.05) is 66.7 Å². The van der Waals surface area contributed by atoms with Gasteiger partial charge in [0.25, 0.3) is 0 Å². The van der Waals surface area contributed by atoms with Gasteiger partial charge in [0.15, 0.2) is 0 Å². The van der Waals surface area contributed by atoms with Crippen LogP contribution in [-0.4, -0.2) is 43.1 Å². The highest BCUT2D eigenvalue weighted by molar-refractivity contribution is 5.95. The summed E-state index contributed by atoms with van der Waals surface area (Å²) in [5, 5.41) is 2.93. The number of carbonyl (C=O) groups is 3. The molecule has 1 aliphatic rings. The SMILES string of the molecule is COC(=O)C1=C(CCc2ccccc2)N(CCOC(=O)c2ccccc2)C(=O)NC1c1ccccc1. The van der Waals surface area contributed by atoms with Crippen molar-refractivity contribution in [2.75, 3.05) is 20.3 Å². The second-order valence-electron chi connectivity index (χ2n) is 8.28. The third-order valence-corrected chi connectivity index (χ3v) is 6.03. The van der Waals surface area contributed by atoms with Crippen molar-refractivity contribution in [2.45, 2.75) is 18.9 Å². The Kier molecular flexibility index (Phi) is 8.13. The maximum absolute atomic E-state index is 13.3. The van der Waals surface area contributed by atoms with E-state index in [9.17, 15) is 14.4 Å². The van der Waals surface area contributed by atoms with Crippen LogP contribution in [0.4, 0.5) is 4.79 Å². The molecule has 3 aromatic carbocycles. The number of benzene rings is 3. The van der Waals surface area contributed by atoms with Gasteiger partial charge in [0.2, 0.25) is 0 Å². The molecule has 2 amide bonds. The molecule has 0 bridgehead atoms. The Balaban J connectivity index is 1.63. The molecular formula is C29H28N2O5. The smallest absolute Gasteiger partial charge is 0.338 e. The zero-order valence-electron chi connectivity index (χ0n) is 20.1. The minimum absolute atomic E-state index is 0.0273. The lowest BCUT2D eigenvalue weighted by Crippen LogP contribution is -2.49. The van der Waals surface area contributed by atoms with E-state index in [0.29, 0.717) is 29.7 Å². The van der Waals surface area contributed by atoms with E-state index in [0.717, 1.165) is 11.1 Å². The Morgan fingerprint density at radius 1 is 0.833 bits per heavy atom. The van der Waals surface area contributed by atoms with Gasteiger partial charge in [-0.25, -0.2) is 14.4 Å². The highest BCUT2D eigenvalue weighted by atomic mass is 16.5. The molecule has 0 aromatic heterocycles. The van der Waals surface area contributed by atoms with Crippen LogP contribution in [-0.2, 0) is 20.7 Å². The number of methoxy groups -OCH3 is 1.